The number of hydrogen-bond donors (Lipinski definition) is 1. The van der Waals surface area contributed by atoms with Crippen LogP contribution < -0.4 is 19.5 Å². The summed E-state index contributed by atoms with van der Waals surface area (Å²) < 4.78 is 16.3. The van der Waals surface area contributed by atoms with E-state index in [1.807, 2.05) is 57.2 Å². The molecule has 0 aliphatic heterocycles. The van der Waals surface area contributed by atoms with Gasteiger partial charge in [0.05, 0.1) is 33.3 Å². The number of carbonyl (C=O) groups is 1. The van der Waals surface area contributed by atoms with Crippen molar-refractivity contribution in [3.05, 3.63) is 53.1 Å². The number of carbonyl (C=O) groups excluding carboxylic acids is 1. The number of amides is 1. The fourth-order valence-corrected chi connectivity index (χ4v) is 2.65. The molecule has 0 aliphatic rings. The Morgan fingerprint density at radius 2 is 1.77 bits per heavy atom. The Hall–Kier alpha value is -2.69. The van der Waals surface area contributed by atoms with Gasteiger partial charge in [0.25, 0.3) is 0 Å². The maximum atomic E-state index is 12.2. The third-order valence-electron chi connectivity index (χ3n) is 4.43. The van der Waals surface area contributed by atoms with Gasteiger partial charge in [0.2, 0.25) is 5.91 Å². The van der Waals surface area contributed by atoms with E-state index >= 15 is 0 Å². The predicted molar refractivity (Wildman–Crippen MR) is 102 cm³/mol. The van der Waals surface area contributed by atoms with Crippen LogP contribution in [-0.2, 0) is 4.79 Å². The summed E-state index contributed by atoms with van der Waals surface area (Å²) in [6.07, 6.45) is 0.297. The molecule has 0 spiro atoms. The topological polar surface area (TPSA) is 56.8 Å². The summed E-state index contributed by atoms with van der Waals surface area (Å²) in [4.78, 5) is 12.2. The van der Waals surface area contributed by atoms with Crippen LogP contribution in [0, 0.1) is 13.8 Å². The molecule has 0 fully saturated rings. The number of hydrogen-bond acceptors (Lipinski definition) is 4. The molecule has 140 valence electrons. The molecule has 2 aromatic carbocycles. The molecule has 0 heterocycles. The third-order valence-corrected chi connectivity index (χ3v) is 4.43. The van der Waals surface area contributed by atoms with Crippen molar-refractivity contribution >= 4 is 5.91 Å². The second-order valence-corrected chi connectivity index (χ2v) is 6.20. The second kappa shape index (κ2) is 9.13. The summed E-state index contributed by atoms with van der Waals surface area (Å²) in [5, 5.41) is 2.98. The van der Waals surface area contributed by atoms with Crippen LogP contribution in [0.4, 0.5) is 0 Å². The minimum atomic E-state index is -0.136. The molecule has 5 nitrogen and oxygen atoms in total. The molecule has 0 aliphatic carbocycles. The quantitative estimate of drug-likeness (QED) is 0.777. The zero-order valence-corrected chi connectivity index (χ0v) is 16.1. The molecule has 0 aromatic heterocycles. The first-order valence-electron chi connectivity index (χ1n) is 8.66. The molecule has 2 aromatic rings. The summed E-state index contributed by atoms with van der Waals surface area (Å²) in [7, 11) is 3.19. The summed E-state index contributed by atoms with van der Waals surface area (Å²) >= 11 is 0. The third kappa shape index (κ3) is 4.91. The Balaban J connectivity index is 1.88. The van der Waals surface area contributed by atoms with E-state index in [-0.39, 0.29) is 11.9 Å². The average molecular weight is 357 g/mol. The van der Waals surface area contributed by atoms with Crippen LogP contribution in [0.1, 0.15) is 36.1 Å². The van der Waals surface area contributed by atoms with Crippen LogP contribution in [0.25, 0.3) is 0 Å². The zero-order chi connectivity index (χ0) is 19.1. The molecule has 0 saturated carbocycles. The van der Waals surface area contributed by atoms with Crippen molar-refractivity contribution in [1.29, 1.82) is 0 Å². The summed E-state index contributed by atoms with van der Waals surface area (Å²) in [5.74, 6) is 2.07. The molecule has 1 atom stereocenters. The fourth-order valence-electron chi connectivity index (χ4n) is 2.65. The fraction of sp³-hybridized carbons (Fsp3) is 0.381. The highest BCUT2D eigenvalue weighted by Gasteiger charge is 2.13. The molecule has 1 N–H and O–H groups in total. The van der Waals surface area contributed by atoms with Crippen LogP contribution in [-0.4, -0.2) is 26.7 Å². The number of rotatable bonds is 8. The lowest BCUT2D eigenvalue weighted by atomic mass is 10.1. The second-order valence-electron chi connectivity index (χ2n) is 6.20. The van der Waals surface area contributed by atoms with Gasteiger partial charge in [-0.3, -0.25) is 4.79 Å². The summed E-state index contributed by atoms with van der Waals surface area (Å²) in [6.45, 7) is 6.34. The van der Waals surface area contributed by atoms with Gasteiger partial charge in [-0.15, -0.1) is 0 Å². The van der Waals surface area contributed by atoms with Crippen LogP contribution in [0.5, 0.6) is 17.2 Å². The first kappa shape index (κ1) is 19.6. The van der Waals surface area contributed by atoms with Gasteiger partial charge in [-0.2, -0.15) is 0 Å². The van der Waals surface area contributed by atoms with Gasteiger partial charge in [-0.05, 0) is 55.7 Å². The zero-order valence-electron chi connectivity index (χ0n) is 16.1. The van der Waals surface area contributed by atoms with Gasteiger partial charge in [-0.1, -0.05) is 18.2 Å². The molecule has 1 amide bonds. The van der Waals surface area contributed by atoms with E-state index in [1.54, 1.807) is 14.2 Å². The van der Waals surface area contributed by atoms with Crippen LogP contribution in [0.3, 0.4) is 0 Å². The van der Waals surface area contributed by atoms with Crippen molar-refractivity contribution in [3.63, 3.8) is 0 Å². The van der Waals surface area contributed by atoms with Crippen molar-refractivity contribution in [2.45, 2.75) is 33.2 Å². The SMILES string of the molecule is COc1ccc(C(C)NC(=O)CCOc2cccc(C)c2C)cc1OC. The Morgan fingerprint density at radius 3 is 2.46 bits per heavy atom. The van der Waals surface area contributed by atoms with Crippen molar-refractivity contribution < 1.29 is 19.0 Å². The molecular weight excluding hydrogens is 330 g/mol. The van der Waals surface area contributed by atoms with Crippen LogP contribution in [0.15, 0.2) is 36.4 Å². The first-order valence-corrected chi connectivity index (χ1v) is 8.66. The van der Waals surface area contributed by atoms with Gasteiger partial charge >= 0.3 is 0 Å². The highest BCUT2D eigenvalue weighted by atomic mass is 16.5. The van der Waals surface area contributed by atoms with Crippen LogP contribution >= 0.6 is 0 Å². The van der Waals surface area contributed by atoms with Crippen molar-refractivity contribution in [3.8, 4) is 17.2 Å². The molecule has 1 unspecified atom stereocenters. The number of ether oxygens (including phenoxy) is 3. The van der Waals surface area contributed by atoms with Crippen molar-refractivity contribution in [1.82, 2.24) is 5.32 Å². The van der Waals surface area contributed by atoms with Crippen molar-refractivity contribution in [2.24, 2.45) is 0 Å². The van der Waals surface area contributed by atoms with Gasteiger partial charge in [0.1, 0.15) is 5.75 Å². The van der Waals surface area contributed by atoms with Crippen LogP contribution in [0.2, 0.25) is 0 Å². The van der Waals surface area contributed by atoms with Gasteiger partial charge in [0, 0.05) is 0 Å². The Kier molecular flexibility index (Phi) is 6.89. The normalized spacial score (nSPS) is 11.6. The molecular formula is C21H27NO4. The molecule has 0 radical (unpaired) electrons. The first-order chi connectivity index (χ1) is 12.5. The number of benzene rings is 2. The number of methoxy groups -OCH3 is 2. The molecule has 26 heavy (non-hydrogen) atoms. The average Bonchev–Trinajstić information content (AvgIpc) is 2.64. The van der Waals surface area contributed by atoms with E-state index in [4.69, 9.17) is 14.2 Å². The Morgan fingerprint density at radius 1 is 1.04 bits per heavy atom. The number of nitrogens with one attached hydrogen (secondary N) is 1. The molecule has 0 saturated heterocycles. The van der Waals surface area contributed by atoms with E-state index < -0.39 is 0 Å². The van der Waals surface area contributed by atoms with Crippen molar-refractivity contribution in [2.75, 3.05) is 20.8 Å². The largest absolute Gasteiger partial charge is 0.493 e. The standard InChI is InChI=1S/C21H27NO4/c1-14-7-6-8-18(15(14)2)26-12-11-21(23)22-16(3)17-9-10-19(24-4)20(13-17)25-5/h6-10,13,16H,11-12H2,1-5H3,(H,22,23). The highest BCUT2D eigenvalue weighted by Crippen LogP contribution is 2.29. The smallest absolute Gasteiger partial charge is 0.223 e. The summed E-state index contributed by atoms with van der Waals surface area (Å²) in [5.41, 5.74) is 3.23. The maximum Gasteiger partial charge on any atom is 0.223 e. The lowest BCUT2D eigenvalue weighted by molar-refractivity contribution is -0.122. The van der Waals surface area contributed by atoms with E-state index in [2.05, 4.69) is 5.32 Å². The van der Waals surface area contributed by atoms with Gasteiger partial charge in [-0.25, -0.2) is 0 Å². The van der Waals surface area contributed by atoms with Gasteiger partial charge in [0.15, 0.2) is 11.5 Å². The molecule has 2 rings (SSSR count). The van der Waals surface area contributed by atoms with E-state index in [1.165, 1.54) is 5.56 Å². The Bertz CT molecular complexity index is 758. The lowest BCUT2D eigenvalue weighted by Gasteiger charge is -2.17. The minimum Gasteiger partial charge on any atom is -0.493 e. The summed E-state index contributed by atoms with van der Waals surface area (Å²) in [6, 6.07) is 11.4. The van der Waals surface area contributed by atoms with E-state index in [0.29, 0.717) is 24.5 Å². The maximum absolute atomic E-state index is 12.2. The number of aryl methyl sites for hydroxylation is 1. The predicted octanol–water partition coefficient (Wildman–Crippen LogP) is 3.97. The molecule has 0 bridgehead atoms. The Labute approximate surface area is 155 Å². The lowest BCUT2D eigenvalue weighted by Crippen LogP contribution is -2.27. The monoisotopic (exact) mass is 357 g/mol. The highest BCUT2D eigenvalue weighted by molar-refractivity contribution is 5.76. The van der Waals surface area contributed by atoms with Gasteiger partial charge < -0.3 is 19.5 Å². The molecule has 5 heteroatoms. The van der Waals surface area contributed by atoms with E-state index in [9.17, 15) is 4.79 Å². The van der Waals surface area contributed by atoms with E-state index in [0.717, 1.165) is 16.9 Å². The minimum absolute atomic E-state index is 0.0578.